The van der Waals surface area contributed by atoms with Gasteiger partial charge in [-0.25, -0.2) is 4.98 Å². The Balaban J connectivity index is 0.00000272. The van der Waals surface area contributed by atoms with Gasteiger partial charge in [0.1, 0.15) is 11.8 Å². The van der Waals surface area contributed by atoms with Crippen molar-refractivity contribution in [2.24, 2.45) is 5.73 Å². The number of nitrogens with one attached hydrogen (secondary N) is 1. The number of morpholine rings is 1. The standard InChI is InChI=1S/C21H19ClF2N4O2.ClH/c22-17-7-14(8-26-10-17)13-2-1-3-15(6-13)21(12-27-11-18(25)30-21)16-4-5-19(28-9-16)29-20(23)24;/h1-10,18,20,27H,11-12,25H2;1H. The zero-order valence-electron chi connectivity index (χ0n) is 16.2. The van der Waals surface area contributed by atoms with Gasteiger partial charge in [-0.1, -0.05) is 29.8 Å². The fourth-order valence-electron chi connectivity index (χ4n) is 3.54. The number of hydrogen-bond donors (Lipinski definition) is 2. The number of aromatic nitrogens is 2. The van der Waals surface area contributed by atoms with E-state index in [0.717, 1.165) is 16.7 Å². The van der Waals surface area contributed by atoms with Crippen molar-refractivity contribution in [3.63, 3.8) is 0 Å². The Labute approximate surface area is 189 Å². The van der Waals surface area contributed by atoms with Crippen LogP contribution in [0.3, 0.4) is 0 Å². The molecule has 6 nitrogen and oxygen atoms in total. The molecule has 3 aromatic rings. The van der Waals surface area contributed by atoms with E-state index in [0.29, 0.717) is 23.7 Å². The third-order valence-electron chi connectivity index (χ3n) is 4.85. The second kappa shape index (κ2) is 9.84. The summed E-state index contributed by atoms with van der Waals surface area (Å²) in [4.78, 5) is 8.15. The Morgan fingerprint density at radius 3 is 2.65 bits per heavy atom. The number of rotatable bonds is 5. The van der Waals surface area contributed by atoms with Gasteiger partial charge < -0.3 is 20.5 Å². The van der Waals surface area contributed by atoms with Crippen LogP contribution in [0.1, 0.15) is 11.1 Å². The molecule has 1 aromatic carbocycles. The number of halogens is 4. The van der Waals surface area contributed by atoms with Gasteiger partial charge in [0.25, 0.3) is 0 Å². The first kappa shape index (κ1) is 23.3. The number of hydrogen-bond acceptors (Lipinski definition) is 6. The number of pyridine rings is 2. The Bertz CT molecular complexity index is 1030. The third-order valence-corrected chi connectivity index (χ3v) is 5.06. The summed E-state index contributed by atoms with van der Waals surface area (Å²) >= 11 is 6.09. The summed E-state index contributed by atoms with van der Waals surface area (Å²) in [6.07, 6.45) is 4.19. The number of nitrogens with two attached hydrogens (primary N) is 1. The molecule has 3 N–H and O–H groups in total. The van der Waals surface area contributed by atoms with Gasteiger partial charge in [0.05, 0.1) is 5.02 Å². The third kappa shape index (κ3) is 5.11. The van der Waals surface area contributed by atoms with Crippen molar-refractivity contribution in [2.75, 3.05) is 13.1 Å². The molecule has 4 rings (SSSR count). The maximum absolute atomic E-state index is 12.5. The summed E-state index contributed by atoms with van der Waals surface area (Å²) in [6.45, 7) is -2.03. The van der Waals surface area contributed by atoms with Crippen LogP contribution in [0.2, 0.25) is 5.02 Å². The van der Waals surface area contributed by atoms with Crippen LogP contribution >= 0.6 is 24.0 Å². The molecule has 1 saturated heterocycles. The highest BCUT2D eigenvalue weighted by Gasteiger charge is 2.40. The quantitative estimate of drug-likeness (QED) is 0.589. The maximum atomic E-state index is 12.5. The van der Waals surface area contributed by atoms with E-state index in [2.05, 4.69) is 20.0 Å². The number of alkyl halides is 2. The molecule has 31 heavy (non-hydrogen) atoms. The molecule has 2 atom stereocenters. The van der Waals surface area contributed by atoms with Crippen molar-refractivity contribution in [3.05, 3.63) is 77.2 Å². The molecule has 0 radical (unpaired) electrons. The maximum Gasteiger partial charge on any atom is 0.388 e. The van der Waals surface area contributed by atoms with Crippen molar-refractivity contribution in [3.8, 4) is 17.0 Å². The second-order valence-corrected chi connectivity index (χ2v) is 7.29. The highest BCUT2D eigenvalue weighted by atomic mass is 35.5. The number of ether oxygens (including phenoxy) is 2. The normalized spacial score (nSPS) is 20.9. The van der Waals surface area contributed by atoms with E-state index < -0.39 is 18.4 Å². The molecule has 0 spiro atoms. The van der Waals surface area contributed by atoms with Crippen molar-refractivity contribution in [1.82, 2.24) is 15.3 Å². The van der Waals surface area contributed by atoms with Crippen molar-refractivity contribution < 1.29 is 18.3 Å². The average molecular weight is 469 g/mol. The van der Waals surface area contributed by atoms with Gasteiger partial charge in [0, 0.05) is 48.9 Å². The van der Waals surface area contributed by atoms with Crippen molar-refractivity contribution >= 4 is 24.0 Å². The molecule has 2 unspecified atom stereocenters. The van der Waals surface area contributed by atoms with E-state index in [4.69, 9.17) is 22.1 Å². The summed E-state index contributed by atoms with van der Waals surface area (Å²) in [5, 5.41) is 3.81. The molecule has 1 aliphatic heterocycles. The van der Waals surface area contributed by atoms with E-state index in [1.807, 2.05) is 30.3 Å². The van der Waals surface area contributed by atoms with Crippen LogP contribution in [0.4, 0.5) is 8.78 Å². The molecule has 1 aliphatic rings. The Kier molecular flexibility index (Phi) is 7.40. The van der Waals surface area contributed by atoms with Crippen LogP contribution < -0.4 is 15.8 Å². The molecule has 10 heteroatoms. The minimum atomic E-state index is -2.94. The summed E-state index contributed by atoms with van der Waals surface area (Å²) in [5.41, 5.74) is 8.37. The van der Waals surface area contributed by atoms with Crippen LogP contribution in [0.15, 0.2) is 61.1 Å². The van der Waals surface area contributed by atoms with Crippen LogP contribution in [0.25, 0.3) is 11.1 Å². The predicted molar refractivity (Wildman–Crippen MR) is 116 cm³/mol. The molecule has 2 aromatic heterocycles. The zero-order valence-corrected chi connectivity index (χ0v) is 17.7. The first-order chi connectivity index (χ1) is 14.5. The molecule has 0 bridgehead atoms. The lowest BCUT2D eigenvalue weighted by atomic mass is 9.84. The SMILES string of the molecule is Cl.NC1CNCC(c2ccc(OC(F)F)nc2)(c2cccc(-c3cncc(Cl)c3)c2)O1. The van der Waals surface area contributed by atoms with E-state index in [1.54, 1.807) is 18.5 Å². The molecular formula is C21H20Cl2F2N4O2. The highest BCUT2D eigenvalue weighted by molar-refractivity contribution is 6.30. The van der Waals surface area contributed by atoms with E-state index in [-0.39, 0.29) is 18.3 Å². The van der Waals surface area contributed by atoms with E-state index >= 15 is 0 Å². The minimum Gasteiger partial charge on any atom is -0.417 e. The fourth-order valence-corrected chi connectivity index (χ4v) is 3.71. The molecule has 0 saturated carbocycles. The smallest absolute Gasteiger partial charge is 0.388 e. The first-order valence-electron chi connectivity index (χ1n) is 9.23. The molecule has 164 valence electrons. The van der Waals surface area contributed by atoms with Crippen LogP contribution in [0, 0.1) is 0 Å². The second-order valence-electron chi connectivity index (χ2n) is 6.85. The fraction of sp³-hybridized carbons (Fsp3) is 0.238. The van der Waals surface area contributed by atoms with Crippen LogP contribution in [-0.2, 0) is 10.3 Å². The van der Waals surface area contributed by atoms with E-state index in [9.17, 15) is 8.78 Å². The van der Waals surface area contributed by atoms with Gasteiger partial charge in [0.2, 0.25) is 5.88 Å². The molecule has 0 aliphatic carbocycles. The molecule has 3 heterocycles. The van der Waals surface area contributed by atoms with Crippen LogP contribution in [-0.4, -0.2) is 35.9 Å². The van der Waals surface area contributed by atoms with Gasteiger partial charge in [-0.2, -0.15) is 8.78 Å². The van der Waals surface area contributed by atoms with Gasteiger partial charge in [-0.15, -0.1) is 12.4 Å². The monoisotopic (exact) mass is 468 g/mol. The predicted octanol–water partition coefficient (Wildman–Crippen LogP) is 3.97. The van der Waals surface area contributed by atoms with Gasteiger partial charge in [0.15, 0.2) is 0 Å². The number of benzene rings is 1. The average Bonchev–Trinajstić information content (AvgIpc) is 2.74. The van der Waals surface area contributed by atoms with Crippen molar-refractivity contribution in [1.29, 1.82) is 0 Å². The topological polar surface area (TPSA) is 82.3 Å². The summed E-state index contributed by atoms with van der Waals surface area (Å²) in [6, 6.07) is 12.6. The highest BCUT2D eigenvalue weighted by Crippen LogP contribution is 2.37. The van der Waals surface area contributed by atoms with Gasteiger partial charge in [-0.05, 0) is 29.3 Å². The van der Waals surface area contributed by atoms with Crippen molar-refractivity contribution in [2.45, 2.75) is 18.4 Å². The van der Waals surface area contributed by atoms with Crippen LogP contribution in [0.5, 0.6) is 5.88 Å². The largest absolute Gasteiger partial charge is 0.417 e. The first-order valence-corrected chi connectivity index (χ1v) is 9.61. The molecular weight excluding hydrogens is 449 g/mol. The lowest BCUT2D eigenvalue weighted by molar-refractivity contribution is -0.0933. The Morgan fingerprint density at radius 2 is 1.97 bits per heavy atom. The zero-order chi connectivity index (χ0) is 21.1. The lowest BCUT2D eigenvalue weighted by Crippen LogP contribution is -2.55. The minimum absolute atomic E-state index is 0. The van der Waals surface area contributed by atoms with Gasteiger partial charge >= 0.3 is 6.61 Å². The molecule has 1 fully saturated rings. The van der Waals surface area contributed by atoms with Gasteiger partial charge in [-0.3, -0.25) is 4.98 Å². The Morgan fingerprint density at radius 1 is 1.13 bits per heavy atom. The summed E-state index contributed by atoms with van der Waals surface area (Å²) in [7, 11) is 0. The summed E-state index contributed by atoms with van der Waals surface area (Å²) < 4.78 is 35.5. The molecule has 0 amide bonds. The lowest BCUT2D eigenvalue weighted by Gasteiger charge is -2.41. The number of nitrogens with zero attached hydrogens (tertiary/aromatic N) is 2. The summed E-state index contributed by atoms with van der Waals surface area (Å²) in [5.74, 6) is -0.171. The Hall–Kier alpha value is -2.36. The van der Waals surface area contributed by atoms with E-state index in [1.165, 1.54) is 12.3 Å².